The van der Waals surface area contributed by atoms with Crippen LogP contribution in [0.3, 0.4) is 0 Å². The van der Waals surface area contributed by atoms with Crippen molar-refractivity contribution in [3.05, 3.63) is 29.3 Å². The molecule has 23 heavy (non-hydrogen) atoms. The van der Waals surface area contributed by atoms with Gasteiger partial charge in [-0.05, 0) is 25.5 Å². The summed E-state index contributed by atoms with van der Waals surface area (Å²) < 4.78 is 33.1. The topological polar surface area (TPSA) is 56.6 Å². The first-order valence-electron chi connectivity index (χ1n) is 7.57. The Morgan fingerprint density at radius 3 is 2.57 bits per heavy atom. The van der Waals surface area contributed by atoms with Gasteiger partial charge in [0.15, 0.2) is 11.6 Å². The van der Waals surface area contributed by atoms with Crippen LogP contribution in [0.2, 0.25) is 0 Å². The normalized spacial score (nSPS) is 15.8. The van der Waals surface area contributed by atoms with Crippen LogP contribution in [0.4, 0.5) is 14.5 Å². The van der Waals surface area contributed by atoms with E-state index in [0.717, 1.165) is 12.1 Å². The van der Waals surface area contributed by atoms with Gasteiger partial charge in [0.1, 0.15) is 5.69 Å². The fraction of sp³-hybridized carbons (Fsp3) is 0.500. The second-order valence-corrected chi connectivity index (χ2v) is 5.32. The summed E-state index contributed by atoms with van der Waals surface area (Å²) in [4.78, 5) is 15.1. The van der Waals surface area contributed by atoms with E-state index in [1.54, 1.807) is 17.9 Å². The third-order valence-corrected chi connectivity index (χ3v) is 3.71. The lowest BCUT2D eigenvalue weighted by molar-refractivity contribution is -0.144. The van der Waals surface area contributed by atoms with Gasteiger partial charge in [-0.2, -0.15) is 5.26 Å². The van der Waals surface area contributed by atoms with Gasteiger partial charge < -0.3 is 9.64 Å². The maximum atomic E-state index is 14.1. The molecule has 1 aromatic rings. The first-order chi connectivity index (χ1) is 11.0. The number of nitriles is 1. The molecule has 5 nitrogen and oxygen atoms in total. The summed E-state index contributed by atoms with van der Waals surface area (Å²) in [6.07, 6.45) is 0.679. The van der Waals surface area contributed by atoms with Crippen molar-refractivity contribution in [2.24, 2.45) is 0 Å². The molecule has 1 fully saturated rings. The predicted molar refractivity (Wildman–Crippen MR) is 81.0 cm³/mol. The molecule has 0 N–H and O–H groups in total. The average molecular weight is 323 g/mol. The molecule has 7 heteroatoms. The van der Waals surface area contributed by atoms with Crippen LogP contribution in [0.15, 0.2) is 12.1 Å². The van der Waals surface area contributed by atoms with Crippen LogP contribution in [-0.2, 0) is 9.53 Å². The van der Waals surface area contributed by atoms with E-state index in [-0.39, 0.29) is 23.8 Å². The predicted octanol–water partition coefficient (Wildman–Crippen LogP) is 1.91. The minimum absolute atomic E-state index is 0.0393. The Bertz CT molecular complexity index is 593. The van der Waals surface area contributed by atoms with Crippen LogP contribution < -0.4 is 4.90 Å². The van der Waals surface area contributed by atoms with E-state index in [0.29, 0.717) is 39.2 Å². The Balaban J connectivity index is 2.06. The molecule has 0 radical (unpaired) electrons. The third kappa shape index (κ3) is 4.39. The van der Waals surface area contributed by atoms with Crippen molar-refractivity contribution in [1.82, 2.24) is 4.90 Å². The summed E-state index contributed by atoms with van der Waals surface area (Å²) in [6.45, 7) is 4.32. The van der Waals surface area contributed by atoms with Crippen molar-refractivity contribution in [3.63, 3.8) is 0 Å². The molecular weight excluding hydrogens is 304 g/mol. The fourth-order valence-electron chi connectivity index (χ4n) is 2.67. The summed E-state index contributed by atoms with van der Waals surface area (Å²) in [5.41, 5.74) is -0.149. The molecule has 1 aliphatic heterocycles. The van der Waals surface area contributed by atoms with Crippen molar-refractivity contribution >= 4 is 11.7 Å². The molecule has 1 aromatic carbocycles. The minimum atomic E-state index is -0.736. The van der Waals surface area contributed by atoms with Gasteiger partial charge in [-0.25, -0.2) is 8.78 Å². The first kappa shape index (κ1) is 17.2. The van der Waals surface area contributed by atoms with Gasteiger partial charge in [0.2, 0.25) is 0 Å². The fourth-order valence-corrected chi connectivity index (χ4v) is 2.67. The Morgan fingerprint density at radius 1 is 1.26 bits per heavy atom. The Morgan fingerprint density at radius 2 is 1.96 bits per heavy atom. The largest absolute Gasteiger partial charge is 0.465 e. The van der Waals surface area contributed by atoms with Crippen LogP contribution >= 0.6 is 0 Å². The molecule has 0 unspecified atom stereocenters. The van der Waals surface area contributed by atoms with Crippen LogP contribution in [0.25, 0.3) is 0 Å². The number of ether oxygens (including phenoxy) is 1. The maximum Gasteiger partial charge on any atom is 0.320 e. The molecule has 124 valence electrons. The lowest BCUT2D eigenvalue weighted by Crippen LogP contribution is -2.35. The highest BCUT2D eigenvalue weighted by atomic mass is 19.1. The van der Waals surface area contributed by atoms with Crippen molar-refractivity contribution in [1.29, 1.82) is 5.26 Å². The average Bonchev–Trinajstić information content (AvgIpc) is 2.72. The van der Waals surface area contributed by atoms with Gasteiger partial charge in [-0.15, -0.1) is 0 Å². The smallest absolute Gasteiger partial charge is 0.320 e. The van der Waals surface area contributed by atoms with Gasteiger partial charge in [0.25, 0.3) is 0 Å². The molecule has 0 bridgehead atoms. The zero-order valence-corrected chi connectivity index (χ0v) is 13.0. The number of anilines is 1. The second-order valence-electron chi connectivity index (χ2n) is 5.32. The van der Waals surface area contributed by atoms with Crippen molar-refractivity contribution in [2.75, 3.05) is 44.2 Å². The lowest BCUT2D eigenvalue weighted by Gasteiger charge is -2.24. The second kappa shape index (κ2) is 7.88. The Labute approximate surface area is 134 Å². The van der Waals surface area contributed by atoms with E-state index in [9.17, 15) is 13.6 Å². The van der Waals surface area contributed by atoms with E-state index in [1.165, 1.54) is 0 Å². The Kier molecular flexibility index (Phi) is 5.88. The van der Waals surface area contributed by atoms with E-state index < -0.39 is 11.6 Å². The number of benzene rings is 1. The quantitative estimate of drug-likeness (QED) is 0.792. The van der Waals surface area contributed by atoms with Crippen LogP contribution in [-0.4, -0.2) is 50.2 Å². The zero-order valence-electron chi connectivity index (χ0n) is 13.0. The molecule has 0 aliphatic carbocycles. The van der Waals surface area contributed by atoms with Crippen molar-refractivity contribution in [2.45, 2.75) is 13.3 Å². The molecule has 1 saturated heterocycles. The first-order valence-corrected chi connectivity index (χ1v) is 7.57. The number of carbonyl (C=O) groups is 1. The van der Waals surface area contributed by atoms with Crippen LogP contribution in [0, 0.1) is 23.0 Å². The van der Waals surface area contributed by atoms with Crippen LogP contribution in [0.5, 0.6) is 0 Å². The van der Waals surface area contributed by atoms with Gasteiger partial charge in [0, 0.05) is 26.2 Å². The van der Waals surface area contributed by atoms with Crippen LogP contribution in [0.1, 0.15) is 18.9 Å². The monoisotopic (exact) mass is 323 g/mol. The highest BCUT2D eigenvalue weighted by Crippen LogP contribution is 2.26. The molecule has 2 rings (SSSR count). The van der Waals surface area contributed by atoms with E-state index in [4.69, 9.17) is 10.00 Å². The van der Waals surface area contributed by atoms with Gasteiger partial charge >= 0.3 is 5.97 Å². The number of hydrogen-bond donors (Lipinski definition) is 0. The number of hydrogen-bond acceptors (Lipinski definition) is 5. The molecular formula is C16H19F2N3O2. The summed E-state index contributed by atoms with van der Waals surface area (Å²) in [5, 5.41) is 8.75. The zero-order chi connectivity index (χ0) is 16.8. The summed E-state index contributed by atoms with van der Waals surface area (Å²) >= 11 is 0. The number of nitrogens with zero attached hydrogens (tertiary/aromatic N) is 3. The van der Waals surface area contributed by atoms with Crippen molar-refractivity contribution in [3.8, 4) is 6.07 Å². The minimum Gasteiger partial charge on any atom is -0.465 e. The Hall–Kier alpha value is -2.20. The summed E-state index contributed by atoms with van der Waals surface area (Å²) in [6, 6.07) is 3.82. The van der Waals surface area contributed by atoms with Gasteiger partial charge in [-0.1, -0.05) is 0 Å². The maximum absolute atomic E-state index is 14.1. The van der Waals surface area contributed by atoms with E-state index in [2.05, 4.69) is 0 Å². The summed E-state index contributed by atoms with van der Waals surface area (Å²) in [5.74, 6) is -1.77. The number of rotatable bonds is 4. The SMILES string of the molecule is CCOC(=O)CN1CCCN(c2c(F)cc(C#N)cc2F)CC1. The molecule has 1 heterocycles. The highest BCUT2D eigenvalue weighted by molar-refractivity contribution is 5.71. The molecule has 0 saturated carbocycles. The van der Waals surface area contributed by atoms with Gasteiger partial charge in [-0.3, -0.25) is 9.69 Å². The van der Waals surface area contributed by atoms with E-state index >= 15 is 0 Å². The molecule has 0 amide bonds. The molecule has 0 atom stereocenters. The lowest BCUT2D eigenvalue weighted by atomic mass is 10.2. The standard InChI is InChI=1S/C16H19F2N3O2/c1-2-23-15(22)11-20-4-3-5-21(7-6-20)16-13(17)8-12(10-19)9-14(16)18/h8-9H,2-7,11H2,1H3. The highest BCUT2D eigenvalue weighted by Gasteiger charge is 2.22. The third-order valence-electron chi connectivity index (χ3n) is 3.71. The number of esters is 1. The molecule has 0 spiro atoms. The number of carbonyl (C=O) groups excluding carboxylic acids is 1. The molecule has 1 aliphatic rings. The van der Waals surface area contributed by atoms with E-state index in [1.807, 2.05) is 4.90 Å². The number of halogens is 2. The molecule has 0 aromatic heterocycles. The summed E-state index contributed by atoms with van der Waals surface area (Å²) in [7, 11) is 0. The van der Waals surface area contributed by atoms with Crippen molar-refractivity contribution < 1.29 is 18.3 Å². The van der Waals surface area contributed by atoms with Gasteiger partial charge in [0.05, 0.1) is 24.8 Å².